The van der Waals surface area contributed by atoms with Crippen LogP contribution in [0.1, 0.15) is 12.6 Å². The average molecular weight is 501 g/mol. The normalized spacial score (nSPS) is 11.9. The lowest BCUT2D eigenvalue weighted by Gasteiger charge is -2.14. The van der Waals surface area contributed by atoms with Gasteiger partial charge in [-0.05, 0) is 65.7 Å². The highest BCUT2D eigenvalue weighted by molar-refractivity contribution is 7.89. The van der Waals surface area contributed by atoms with E-state index >= 15 is 0 Å². The van der Waals surface area contributed by atoms with E-state index in [1.807, 2.05) is 0 Å². The minimum atomic E-state index is -4.75. The molecule has 0 aliphatic rings. The number of anilines is 1. The first-order chi connectivity index (χ1) is 16.4. The van der Waals surface area contributed by atoms with Gasteiger partial charge in [-0.1, -0.05) is 6.07 Å². The van der Waals surface area contributed by atoms with Crippen molar-refractivity contribution in [3.05, 3.63) is 78.8 Å². The largest absolute Gasteiger partial charge is 0.435 e. The van der Waals surface area contributed by atoms with Gasteiger partial charge >= 0.3 is 6.18 Å². The Labute approximate surface area is 198 Å². The van der Waals surface area contributed by atoms with Crippen molar-refractivity contribution >= 4 is 21.6 Å². The number of aromatic nitrogens is 3. The third-order valence-corrected chi connectivity index (χ3v) is 5.96. The molecule has 0 saturated heterocycles. The number of alkyl halides is 3. The van der Waals surface area contributed by atoms with Gasteiger partial charge in [0.1, 0.15) is 0 Å². The van der Waals surface area contributed by atoms with Crippen LogP contribution in [0.25, 0.3) is 28.1 Å². The molecule has 0 atom stereocenters. The van der Waals surface area contributed by atoms with E-state index in [-0.39, 0.29) is 27.5 Å². The highest BCUT2D eigenvalue weighted by Crippen LogP contribution is 2.38. The quantitative estimate of drug-likeness (QED) is 0.424. The van der Waals surface area contributed by atoms with Gasteiger partial charge in [-0.15, -0.1) is 0 Å². The number of halogens is 3. The fraction of sp³-hybridized carbons (Fsp3) is 0.0870. The Kier molecular flexibility index (Phi) is 6.17. The number of nitrogens with zero attached hydrogens (tertiary/aromatic N) is 3. The number of amides is 1. The second-order valence-corrected chi connectivity index (χ2v) is 9.10. The highest BCUT2D eigenvalue weighted by Gasteiger charge is 2.35. The second kappa shape index (κ2) is 8.96. The molecule has 3 N–H and O–H groups in total. The Morgan fingerprint density at radius 2 is 1.63 bits per heavy atom. The third-order valence-electron chi connectivity index (χ3n) is 5.03. The maximum atomic E-state index is 13.6. The highest BCUT2D eigenvalue weighted by atomic mass is 32.2. The number of carbonyl (C=O) groups excluding carboxylic acids is 1. The molecule has 4 rings (SSSR count). The molecule has 180 valence electrons. The van der Waals surface area contributed by atoms with E-state index in [0.717, 1.165) is 16.3 Å². The van der Waals surface area contributed by atoms with Crippen molar-refractivity contribution in [2.24, 2.45) is 5.14 Å². The number of nitrogens with one attached hydrogen (secondary N) is 1. The smallest absolute Gasteiger partial charge is 0.326 e. The first kappa shape index (κ1) is 24.1. The summed E-state index contributed by atoms with van der Waals surface area (Å²) in [7, 11) is -4.00. The van der Waals surface area contributed by atoms with Crippen LogP contribution in [0.15, 0.2) is 78.0 Å². The van der Waals surface area contributed by atoms with Crippen LogP contribution in [0.2, 0.25) is 0 Å². The van der Waals surface area contributed by atoms with Crippen molar-refractivity contribution in [2.45, 2.75) is 18.0 Å². The number of benzene rings is 2. The number of hydrogen-bond acceptors (Lipinski definition) is 5. The van der Waals surface area contributed by atoms with Crippen LogP contribution in [0.4, 0.5) is 18.9 Å². The maximum Gasteiger partial charge on any atom is 0.435 e. The van der Waals surface area contributed by atoms with Gasteiger partial charge in [0.25, 0.3) is 0 Å². The number of pyridine rings is 1. The van der Waals surface area contributed by atoms with Gasteiger partial charge in [0.15, 0.2) is 5.69 Å². The van der Waals surface area contributed by atoms with Crippen molar-refractivity contribution in [2.75, 3.05) is 5.32 Å². The molecule has 4 aromatic rings. The summed E-state index contributed by atoms with van der Waals surface area (Å²) in [6.45, 7) is 1.28. The molecule has 0 spiro atoms. The van der Waals surface area contributed by atoms with Gasteiger partial charge in [-0.3, -0.25) is 9.78 Å². The minimum absolute atomic E-state index is 0.0281. The molecule has 0 bridgehead atoms. The molecule has 2 aromatic heterocycles. The zero-order valence-corrected chi connectivity index (χ0v) is 18.9. The van der Waals surface area contributed by atoms with Crippen LogP contribution >= 0.6 is 0 Å². The van der Waals surface area contributed by atoms with Crippen molar-refractivity contribution < 1.29 is 26.4 Å². The van der Waals surface area contributed by atoms with E-state index in [4.69, 9.17) is 5.14 Å². The number of hydrogen-bond donors (Lipinski definition) is 2. The minimum Gasteiger partial charge on any atom is -0.326 e. The second-order valence-electron chi connectivity index (χ2n) is 7.54. The van der Waals surface area contributed by atoms with Gasteiger partial charge in [-0.25, -0.2) is 18.2 Å². The van der Waals surface area contributed by atoms with Gasteiger partial charge in [0, 0.05) is 24.9 Å². The summed E-state index contributed by atoms with van der Waals surface area (Å²) in [6.07, 6.45) is -1.59. The van der Waals surface area contributed by atoms with Gasteiger partial charge in [0.2, 0.25) is 15.9 Å². The van der Waals surface area contributed by atoms with Crippen molar-refractivity contribution in [3.8, 4) is 28.1 Å². The zero-order valence-electron chi connectivity index (χ0n) is 18.1. The third kappa shape index (κ3) is 5.23. The predicted octanol–water partition coefficient (Wildman–Crippen LogP) is 4.23. The Morgan fingerprint density at radius 3 is 2.20 bits per heavy atom. The lowest BCUT2D eigenvalue weighted by atomic mass is 10.0. The van der Waals surface area contributed by atoms with Gasteiger partial charge in [-0.2, -0.15) is 18.3 Å². The maximum absolute atomic E-state index is 13.6. The molecule has 0 fully saturated rings. The lowest BCUT2D eigenvalue weighted by Crippen LogP contribution is -2.12. The molecule has 0 aliphatic heterocycles. The molecular formula is C23H18F3N5O3S. The number of carbonyl (C=O) groups is 1. The molecule has 0 saturated carbocycles. The van der Waals surface area contributed by atoms with Crippen LogP contribution in [0, 0.1) is 0 Å². The molecule has 1 amide bonds. The first-order valence-electron chi connectivity index (χ1n) is 10.1. The molecule has 12 heteroatoms. The van der Waals surface area contributed by atoms with Crippen LogP contribution in [-0.4, -0.2) is 29.1 Å². The van der Waals surface area contributed by atoms with Crippen molar-refractivity contribution in [1.29, 1.82) is 0 Å². The van der Waals surface area contributed by atoms with Crippen LogP contribution < -0.4 is 10.5 Å². The fourth-order valence-corrected chi connectivity index (χ4v) is 3.98. The van der Waals surface area contributed by atoms with Gasteiger partial charge < -0.3 is 5.32 Å². The molecule has 35 heavy (non-hydrogen) atoms. The molecule has 0 radical (unpaired) electrons. The van der Waals surface area contributed by atoms with E-state index in [2.05, 4.69) is 15.4 Å². The van der Waals surface area contributed by atoms with E-state index in [1.54, 1.807) is 42.7 Å². The summed E-state index contributed by atoms with van der Waals surface area (Å²) < 4.78 is 65.1. The molecular weight excluding hydrogens is 483 g/mol. The Morgan fingerprint density at radius 1 is 0.971 bits per heavy atom. The van der Waals surface area contributed by atoms with Crippen molar-refractivity contribution in [3.63, 3.8) is 0 Å². The molecule has 2 heterocycles. The van der Waals surface area contributed by atoms with E-state index in [9.17, 15) is 26.4 Å². The van der Waals surface area contributed by atoms with E-state index in [0.29, 0.717) is 5.56 Å². The number of sulfonamides is 1. The summed E-state index contributed by atoms with van der Waals surface area (Å²) >= 11 is 0. The van der Waals surface area contributed by atoms with E-state index in [1.165, 1.54) is 31.2 Å². The SMILES string of the molecule is CC(=O)Nc1ccc(-c2ccncc2)cc1-c1cc(C(F)(F)F)nn1-c1ccc(S(N)(=O)=O)cc1. The number of nitrogens with two attached hydrogens (primary N) is 1. The topological polar surface area (TPSA) is 120 Å². The summed E-state index contributed by atoms with van der Waals surface area (Å²) in [5.41, 5.74) is 0.995. The molecule has 2 aromatic carbocycles. The molecule has 0 aliphatic carbocycles. The monoisotopic (exact) mass is 501 g/mol. The first-order valence-corrected chi connectivity index (χ1v) is 11.6. The molecule has 0 unspecified atom stereocenters. The summed E-state index contributed by atoms with van der Waals surface area (Å²) in [6, 6.07) is 14.2. The Hall–Kier alpha value is -4.03. The summed E-state index contributed by atoms with van der Waals surface area (Å²) in [4.78, 5) is 15.6. The Bertz CT molecular complexity index is 1500. The van der Waals surface area contributed by atoms with Crippen LogP contribution in [-0.2, 0) is 21.0 Å². The summed E-state index contributed by atoms with van der Waals surface area (Å²) in [5, 5.41) is 11.5. The fourth-order valence-electron chi connectivity index (χ4n) is 3.46. The van der Waals surface area contributed by atoms with Gasteiger partial charge in [0.05, 0.1) is 22.0 Å². The summed E-state index contributed by atoms with van der Waals surface area (Å²) in [5.74, 6) is -0.414. The van der Waals surface area contributed by atoms with Crippen LogP contribution in [0.5, 0.6) is 0 Å². The average Bonchev–Trinajstić information content (AvgIpc) is 3.25. The molecule has 8 nitrogen and oxygen atoms in total. The van der Waals surface area contributed by atoms with Crippen LogP contribution in [0.3, 0.4) is 0 Å². The lowest BCUT2D eigenvalue weighted by molar-refractivity contribution is -0.141. The Balaban J connectivity index is 1.96. The predicted molar refractivity (Wildman–Crippen MR) is 123 cm³/mol. The number of rotatable bonds is 5. The van der Waals surface area contributed by atoms with E-state index < -0.39 is 27.8 Å². The zero-order chi connectivity index (χ0) is 25.4. The van der Waals surface area contributed by atoms with Crippen molar-refractivity contribution in [1.82, 2.24) is 14.8 Å². The standard InChI is InChI=1S/C23H18F3N5O3S/c1-14(32)29-20-7-2-16(15-8-10-28-11-9-15)12-19(20)21-13-22(23(24,25)26)30-31(21)17-3-5-18(6-4-17)35(27,33)34/h2-13H,1H3,(H,29,32)(H2,27,33,34). The number of primary sulfonamides is 1.